The van der Waals surface area contributed by atoms with Gasteiger partial charge in [0.05, 0.1) is 28.9 Å². The van der Waals surface area contributed by atoms with Crippen molar-refractivity contribution in [1.29, 1.82) is 0 Å². The molecule has 3 saturated heterocycles. The van der Waals surface area contributed by atoms with Crippen molar-refractivity contribution in [2.24, 2.45) is 23.7 Å². The number of likely N-dealkylation sites (tertiary alicyclic amines) is 2. The van der Waals surface area contributed by atoms with Crippen molar-refractivity contribution in [3.63, 3.8) is 0 Å². The Morgan fingerprint density at radius 2 is 1.57 bits per heavy atom. The maximum atomic E-state index is 15.3. The molecule has 56 heavy (non-hydrogen) atoms. The van der Waals surface area contributed by atoms with E-state index in [0.29, 0.717) is 39.2 Å². The van der Waals surface area contributed by atoms with Gasteiger partial charge in [0.2, 0.25) is 11.8 Å². The average Bonchev–Trinajstić information content (AvgIpc) is 3.58. The van der Waals surface area contributed by atoms with E-state index in [2.05, 4.69) is 38.4 Å². The number of hydrogen-bond acceptors (Lipinski definition) is 7. The number of rotatable bonds is 7. The Balaban J connectivity index is 1.12. The van der Waals surface area contributed by atoms with Gasteiger partial charge in [-0.25, -0.2) is 4.39 Å². The summed E-state index contributed by atoms with van der Waals surface area (Å²) in [4.78, 5) is 63.2. The first-order valence-electron chi connectivity index (χ1n) is 19.0. The number of hydrogen-bond donors (Lipinski definition) is 2. The lowest BCUT2D eigenvalue weighted by molar-refractivity contribution is -0.144. The van der Waals surface area contributed by atoms with Crippen molar-refractivity contribution in [2.75, 3.05) is 18.5 Å². The second kappa shape index (κ2) is 14.3. The Hall–Kier alpha value is -4.84. The molecular formula is C44H39BrClFN4O5. The smallest absolute Gasteiger partial charge is 0.260 e. The number of allylic oxidation sites excluding steroid dienone is 2. The van der Waals surface area contributed by atoms with Crippen LogP contribution in [0.4, 0.5) is 10.1 Å². The molecule has 9 rings (SSSR count). The summed E-state index contributed by atoms with van der Waals surface area (Å²) in [7, 11) is 0. The quantitative estimate of drug-likeness (QED) is 0.146. The van der Waals surface area contributed by atoms with E-state index in [9.17, 15) is 23.9 Å². The summed E-state index contributed by atoms with van der Waals surface area (Å²) in [6, 6.07) is 27.2. The summed E-state index contributed by atoms with van der Waals surface area (Å²) in [6.07, 6.45) is 3.73. The van der Waals surface area contributed by atoms with Crippen LogP contribution in [0.15, 0.2) is 113 Å². The highest BCUT2D eigenvalue weighted by atomic mass is 79.9. The number of phenolic OH excluding ortho intramolecular Hbond substituents is 1. The highest BCUT2D eigenvalue weighted by Gasteiger charge is 2.70. The van der Waals surface area contributed by atoms with Crippen molar-refractivity contribution >= 4 is 56.8 Å². The molecule has 4 aromatic rings. The van der Waals surface area contributed by atoms with Crippen LogP contribution in [0, 0.1) is 29.5 Å². The molecule has 0 radical (unpaired) electrons. The summed E-state index contributed by atoms with van der Waals surface area (Å²) in [5.41, 5.74) is 4.61. The number of piperidine rings is 1. The van der Waals surface area contributed by atoms with E-state index in [1.54, 1.807) is 42.5 Å². The first-order valence-corrected chi connectivity index (χ1v) is 20.2. The molecule has 6 unspecified atom stereocenters. The highest BCUT2D eigenvalue weighted by molar-refractivity contribution is 9.10. The minimum absolute atomic E-state index is 0.0723. The van der Waals surface area contributed by atoms with Crippen molar-refractivity contribution in [3.05, 3.63) is 141 Å². The van der Waals surface area contributed by atoms with E-state index < -0.39 is 52.6 Å². The first-order chi connectivity index (χ1) is 27.1. The minimum atomic E-state index is -1.58. The molecule has 4 fully saturated rings. The number of carbonyl (C=O) groups excluding carboxylic acids is 4. The molecule has 6 atom stereocenters. The largest absolute Gasteiger partial charge is 0.508 e. The van der Waals surface area contributed by atoms with Crippen LogP contribution in [0.2, 0.25) is 5.02 Å². The Morgan fingerprint density at radius 1 is 0.857 bits per heavy atom. The van der Waals surface area contributed by atoms with Gasteiger partial charge in [0.25, 0.3) is 11.8 Å². The van der Waals surface area contributed by atoms with Crippen LogP contribution >= 0.6 is 27.5 Å². The fourth-order valence-corrected chi connectivity index (χ4v) is 10.8. The Kier molecular flexibility index (Phi) is 9.37. The fourth-order valence-electron chi connectivity index (χ4n) is 10.3. The molecule has 4 amide bonds. The van der Waals surface area contributed by atoms with Gasteiger partial charge in [-0.2, -0.15) is 5.01 Å². The molecule has 2 N–H and O–H groups in total. The number of nitrogens with one attached hydrogen (secondary N) is 1. The topological polar surface area (TPSA) is 110 Å². The molecule has 0 aromatic heterocycles. The van der Waals surface area contributed by atoms with Crippen LogP contribution in [0.25, 0.3) is 0 Å². The van der Waals surface area contributed by atoms with Gasteiger partial charge in [0.15, 0.2) is 0 Å². The molecule has 3 aliphatic heterocycles. The molecule has 9 nitrogen and oxygen atoms in total. The number of amides is 4. The molecule has 4 aromatic carbocycles. The third kappa shape index (κ3) is 5.89. The molecule has 286 valence electrons. The summed E-state index contributed by atoms with van der Waals surface area (Å²) in [6.45, 7) is 2.31. The molecule has 5 aliphatic rings. The van der Waals surface area contributed by atoms with Crippen LogP contribution in [0.1, 0.15) is 48.3 Å². The van der Waals surface area contributed by atoms with Crippen LogP contribution in [-0.4, -0.2) is 62.7 Å². The van der Waals surface area contributed by atoms with Gasteiger partial charge in [-0.1, -0.05) is 81.6 Å². The number of carbonyl (C=O) groups is 4. The van der Waals surface area contributed by atoms with E-state index in [0.717, 1.165) is 30.2 Å². The van der Waals surface area contributed by atoms with Gasteiger partial charge in [-0.05, 0) is 97.3 Å². The Labute approximate surface area is 337 Å². The van der Waals surface area contributed by atoms with E-state index in [1.807, 2.05) is 24.3 Å². The molecule has 1 saturated carbocycles. The third-order valence-corrected chi connectivity index (χ3v) is 13.5. The lowest BCUT2D eigenvalue weighted by Crippen LogP contribution is -2.53. The number of hydrazine groups is 1. The predicted octanol–water partition coefficient (Wildman–Crippen LogP) is 7.60. The third-order valence-electron chi connectivity index (χ3n) is 12.8. The van der Waals surface area contributed by atoms with Gasteiger partial charge in [-0.15, -0.1) is 0 Å². The summed E-state index contributed by atoms with van der Waals surface area (Å²) in [5, 5.41) is 13.1. The van der Waals surface area contributed by atoms with Crippen LogP contribution in [-0.2, 0) is 31.1 Å². The maximum Gasteiger partial charge on any atom is 0.260 e. The van der Waals surface area contributed by atoms with Gasteiger partial charge in [0.1, 0.15) is 11.6 Å². The van der Waals surface area contributed by atoms with Crippen LogP contribution < -0.4 is 5.43 Å². The summed E-state index contributed by atoms with van der Waals surface area (Å²) in [5.74, 6) is -5.83. The molecule has 2 aliphatic carbocycles. The first kappa shape index (κ1) is 36.8. The number of benzene rings is 4. The monoisotopic (exact) mass is 836 g/mol. The lowest BCUT2D eigenvalue weighted by Gasteiger charge is -2.50. The zero-order valence-electron chi connectivity index (χ0n) is 30.3. The predicted molar refractivity (Wildman–Crippen MR) is 211 cm³/mol. The van der Waals surface area contributed by atoms with Gasteiger partial charge in [0, 0.05) is 46.7 Å². The number of imide groups is 2. The molecule has 0 bridgehead atoms. The maximum absolute atomic E-state index is 15.3. The van der Waals surface area contributed by atoms with E-state index >= 15 is 4.79 Å². The zero-order valence-corrected chi connectivity index (χ0v) is 32.6. The normalized spacial score (nSPS) is 27.9. The van der Waals surface area contributed by atoms with E-state index in [1.165, 1.54) is 34.7 Å². The molecule has 12 heteroatoms. The number of nitrogens with zero attached hydrogens (tertiary/aromatic N) is 3. The zero-order chi connectivity index (χ0) is 38.9. The van der Waals surface area contributed by atoms with Crippen LogP contribution in [0.3, 0.4) is 0 Å². The van der Waals surface area contributed by atoms with Gasteiger partial charge in [-0.3, -0.25) is 34.4 Å². The standard InChI is InChI=1S/C44H39BrClFN4O5/c45-27-8-17-37(52)35(22-27)39-32-15-16-33-38(42(55)50(40(33)53)31-18-20-49(21-19-31)24-25-4-2-1-3-5-25)34(32)23-36-41(54)51(48-30-13-11-29(47)12-14-30)43(56)44(36,39)26-6-9-28(46)10-7-26/h1-15,17,22,31,33-34,36,38-39,48,52H,16,18-21,23-24H2. The minimum Gasteiger partial charge on any atom is -0.508 e. The van der Waals surface area contributed by atoms with Crippen LogP contribution in [0.5, 0.6) is 5.75 Å². The van der Waals surface area contributed by atoms with Crippen molar-refractivity contribution in [1.82, 2.24) is 14.8 Å². The Morgan fingerprint density at radius 3 is 2.29 bits per heavy atom. The summed E-state index contributed by atoms with van der Waals surface area (Å²) < 4.78 is 14.6. The second-order valence-electron chi connectivity index (χ2n) is 15.6. The lowest BCUT2D eigenvalue weighted by atomic mass is 9.49. The number of halogens is 3. The number of aromatic hydroxyl groups is 1. The number of phenols is 1. The molecular weight excluding hydrogens is 799 g/mol. The van der Waals surface area contributed by atoms with Gasteiger partial charge < -0.3 is 5.11 Å². The fraction of sp³-hybridized carbons (Fsp3) is 0.318. The summed E-state index contributed by atoms with van der Waals surface area (Å²) >= 11 is 9.96. The van der Waals surface area contributed by atoms with Gasteiger partial charge >= 0.3 is 0 Å². The Bertz CT molecular complexity index is 2270. The SMILES string of the molecule is O=C1C2CC3C(=CCC4C(=O)N(C5CCN(Cc6ccccc6)CC5)C(=O)C43)C(c3cc(Br)ccc3O)C2(c2ccc(Cl)cc2)C(=O)N1Nc1ccc(F)cc1. The van der Waals surface area contributed by atoms with E-state index in [-0.39, 0.29) is 36.4 Å². The van der Waals surface area contributed by atoms with Crippen molar-refractivity contribution < 1.29 is 28.7 Å². The number of anilines is 1. The highest BCUT2D eigenvalue weighted by Crippen LogP contribution is 2.65. The van der Waals surface area contributed by atoms with E-state index in [4.69, 9.17) is 11.6 Å². The molecule has 0 spiro atoms. The second-order valence-corrected chi connectivity index (χ2v) is 17.0. The molecule has 3 heterocycles. The van der Waals surface area contributed by atoms with Crippen molar-refractivity contribution in [3.8, 4) is 5.75 Å². The number of fused-ring (bicyclic) bond motifs is 4. The van der Waals surface area contributed by atoms with Crippen molar-refractivity contribution in [2.45, 2.75) is 49.6 Å². The average molecular weight is 838 g/mol.